The molecule has 0 atom stereocenters. The van der Waals surface area contributed by atoms with Gasteiger partial charge in [-0.15, -0.1) is 10.2 Å². The molecule has 5 heteroatoms. The second-order valence-electron chi connectivity index (χ2n) is 5.07. The highest BCUT2D eigenvalue weighted by Gasteiger charge is 2.03. The molecule has 0 radical (unpaired) electrons. The number of nitrogens with zero attached hydrogens (tertiary/aromatic N) is 3. The Balaban J connectivity index is 1.88. The maximum absolute atomic E-state index is 5.75. The maximum Gasteiger partial charge on any atom is 0.201 e. The molecular weight excluding hydrogens is 298 g/mol. The Morgan fingerprint density at radius 1 is 0.750 bits per heavy atom. The monoisotopic (exact) mass is 315 g/mol. The van der Waals surface area contributed by atoms with Crippen molar-refractivity contribution in [3.05, 3.63) is 90.5 Å². The Morgan fingerprint density at radius 2 is 1.38 bits per heavy atom. The van der Waals surface area contributed by atoms with Crippen molar-refractivity contribution in [3.63, 3.8) is 0 Å². The van der Waals surface area contributed by atoms with Crippen LogP contribution in [-0.4, -0.2) is 5.84 Å². The fourth-order valence-electron chi connectivity index (χ4n) is 2.01. The first kappa shape index (κ1) is 15.4. The Morgan fingerprint density at radius 3 is 2.04 bits per heavy atom. The summed E-state index contributed by atoms with van der Waals surface area (Å²) in [6.07, 6.45) is 0. The number of rotatable bonds is 4. The molecule has 0 aliphatic carbocycles. The van der Waals surface area contributed by atoms with Gasteiger partial charge in [-0.05, 0) is 48.5 Å². The summed E-state index contributed by atoms with van der Waals surface area (Å²) in [5.41, 5.74) is 11.9. The van der Waals surface area contributed by atoms with Crippen LogP contribution in [0, 0.1) is 0 Å². The molecule has 0 aromatic heterocycles. The molecule has 0 heterocycles. The SMILES string of the molecule is Nc1ccc(/C(N=Nc2ccccc2)=N\Nc2ccccc2)cc1. The lowest BCUT2D eigenvalue weighted by Gasteiger charge is -2.04. The van der Waals surface area contributed by atoms with Gasteiger partial charge in [-0.2, -0.15) is 5.10 Å². The van der Waals surface area contributed by atoms with Crippen LogP contribution in [0.3, 0.4) is 0 Å². The third-order valence-electron chi connectivity index (χ3n) is 3.25. The number of hydrazone groups is 1. The van der Waals surface area contributed by atoms with Crippen LogP contribution < -0.4 is 11.2 Å². The summed E-state index contributed by atoms with van der Waals surface area (Å²) in [7, 11) is 0. The number of amidine groups is 1. The third-order valence-corrected chi connectivity index (χ3v) is 3.25. The van der Waals surface area contributed by atoms with Crippen molar-refractivity contribution in [1.29, 1.82) is 0 Å². The number of nitrogen functional groups attached to an aromatic ring is 1. The van der Waals surface area contributed by atoms with Gasteiger partial charge in [0.1, 0.15) is 0 Å². The van der Waals surface area contributed by atoms with Gasteiger partial charge in [0.25, 0.3) is 0 Å². The van der Waals surface area contributed by atoms with Gasteiger partial charge in [-0.3, -0.25) is 5.43 Å². The number of hydrogen-bond acceptors (Lipinski definition) is 4. The summed E-state index contributed by atoms with van der Waals surface area (Å²) in [5, 5.41) is 12.9. The topological polar surface area (TPSA) is 75.1 Å². The second kappa shape index (κ2) is 7.69. The fourth-order valence-corrected chi connectivity index (χ4v) is 2.01. The van der Waals surface area contributed by atoms with Gasteiger partial charge in [0, 0.05) is 11.3 Å². The number of azo groups is 1. The van der Waals surface area contributed by atoms with E-state index in [2.05, 4.69) is 20.8 Å². The molecule has 3 N–H and O–H groups in total. The molecular formula is C19H17N5. The number of para-hydroxylation sites is 1. The first-order valence-electron chi connectivity index (χ1n) is 7.53. The molecule has 0 fully saturated rings. The highest BCUT2D eigenvalue weighted by atomic mass is 15.3. The highest BCUT2D eigenvalue weighted by Crippen LogP contribution is 2.14. The van der Waals surface area contributed by atoms with Crippen molar-refractivity contribution in [3.8, 4) is 0 Å². The quantitative estimate of drug-likeness (QED) is 0.238. The minimum absolute atomic E-state index is 0.475. The number of nitrogens with one attached hydrogen (secondary N) is 1. The van der Waals surface area contributed by atoms with E-state index in [1.165, 1.54) is 0 Å². The molecule has 0 aliphatic heterocycles. The Kier molecular flexibility index (Phi) is 4.94. The van der Waals surface area contributed by atoms with E-state index < -0.39 is 0 Å². The van der Waals surface area contributed by atoms with Crippen LogP contribution in [0.15, 0.2) is 100 Å². The zero-order valence-electron chi connectivity index (χ0n) is 13.0. The molecule has 0 unspecified atom stereocenters. The predicted molar refractivity (Wildman–Crippen MR) is 98.4 cm³/mol. The molecule has 0 saturated heterocycles. The van der Waals surface area contributed by atoms with Crippen molar-refractivity contribution >= 4 is 22.9 Å². The van der Waals surface area contributed by atoms with Gasteiger partial charge in [-0.1, -0.05) is 36.4 Å². The van der Waals surface area contributed by atoms with E-state index in [-0.39, 0.29) is 0 Å². The molecule has 0 amide bonds. The van der Waals surface area contributed by atoms with Gasteiger partial charge in [0.15, 0.2) is 0 Å². The summed E-state index contributed by atoms with van der Waals surface area (Å²) >= 11 is 0. The average Bonchev–Trinajstić information content (AvgIpc) is 2.64. The van der Waals surface area contributed by atoms with Crippen LogP contribution in [0.1, 0.15) is 5.56 Å². The zero-order chi connectivity index (χ0) is 16.6. The molecule has 3 aromatic carbocycles. The van der Waals surface area contributed by atoms with Crippen molar-refractivity contribution in [2.24, 2.45) is 15.3 Å². The van der Waals surface area contributed by atoms with E-state index in [1.54, 1.807) is 0 Å². The lowest BCUT2D eigenvalue weighted by molar-refractivity contribution is 1.22. The fraction of sp³-hybridized carbons (Fsp3) is 0. The number of hydrogen-bond donors (Lipinski definition) is 2. The first-order chi connectivity index (χ1) is 11.8. The van der Waals surface area contributed by atoms with E-state index in [1.807, 2.05) is 84.9 Å². The van der Waals surface area contributed by atoms with Crippen LogP contribution in [0.5, 0.6) is 0 Å². The molecule has 118 valence electrons. The zero-order valence-corrected chi connectivity index (χ0v) is 13.0. The minimum atomic E-state index is 0.475. The molecule has 3 aromatic rings. The molecule has 0 bridgehead atoms. The van der Waals surface area contributed by atoms with Crippen molar-refractivity contribution in [2.75, 3.05) is 11.2 Å². The van der Waals surface area contributed by atoms with Gasteiger partial charge in [0.05, 0.1) is 11.4 Å². The summed E-state index contributed by atoms with van der Waals surface area (Å²) in [6.45, 7) is 0. The molecule has 24 heavy (non-hydrogen) atoms. The van der Waals surface area contributed by atoms with Crippen LogP contribution in [0.4, 0.5) is 17.1 Å². The smallest absolute Gasteiger partial charge is 0.201 e. The van der Waals surface area contributed by atoms with E-state index in [0.717, 1.165) is 16.9 Å². The van der Waals surface area contributed by atoms with Gasteiger partial charge >= 0.3 is 0 Å². The summed E-state index contributed by atoms with van der Waals surface area (Å²) in [6, 6.07) is 26.6. The third kappa shape index (κ3) is 4.27. The highest BCUT2D eigenvalue weighted by molar-refractivity contribution is 5.99. The lowest BCUT2D eigenvalue weighted by Crippen LogP contribution is -2.01. The van der Waals surface area contributed by atoms with Crippen LogP contribution in [0.25, 0.3) is 0 Å². The van der Waals surface area contributed by atoms with E-state index in [4.69, 9.17) is 5.73 Å². The second-order valence-corrected chi connectivity index (χ2v) is 5.07. The maximum atomic E-state index is 5.75. The minimum Gasteiger partial charge on any atom is -0.399 e. The standard InChI is InChI=1S/C19H17N5/c20-16-13-11-15(12-14-16)19(23-21-17-7-3-1-4-8-17)24-22-18-9-5-2-6-10-18/h1-14,21H,20H2/b23-19+,24-22?. The lowest BCUT2D eigenvalue weighted by atomic mass is 10.2. The molecule has 0 aliphatic rings. The Hall–Kier alpha value is -3.47. The predicted octanol–water partition coefficient (Wildman–Crippen LogP) is 4.83. The Labute approximate surface area is 140 Å². The molecule has 0 saturated carbocycles. The normalized spacial score (nSPS) is 11.6. The summed E-state index contributed by atoms with van der Waals surface area (Å²) in [5.74, 6) is 0.475. The van der Waals surface area contributed by atoms with Crippen molar-refractivity contribution in [2.45, 2.75) is 0 Å². The summed E-state index contributed by atoms with van der Waals surface area (Å²) in [4.78, 5) is 0. The van der Waals surface area contributed by atoms with E-state index in [9.17, 15) is 0 Å². The van der Waals surface area contributed by atoms with E-state index in [0.29, 0.717) is 11.5 Å². The van der Waals surface area contributed by atoms with Gasteiger partial charge in [0.2, 0.25) is 5.84 Å². The largest absolute Gasteiger partial charge is 0.399 e. The summed E-state index contributed by atoms with van der Waals surface area (Å²) < 4.78 is 0. The Bertz CT molecular complexity index is 825. The van der Waals surface area contributed by atoms with Crippen LogP contribution in [0.2, 0.25) is 0 Å². The van der Waals surface area contributed by atoms with Crippen molar-refractivity contribution in [1.82, 2.24) is 0 Å². The first-order valence-corrected chi connectivity index (χ1v) is 7.53. The molecule has 0 spiro atoms. The molecule has 5 nitrogen and oxygen atoms in total. The van der Waals surface area contributed by atoms with Gasteiger partial charge < -0.3 is 5.73 Å². The number of anilines is 2. The van der Waals surface area contributed by atoms with Gasteiger partial charge in [-0.25, -0.2) is 0 Å². The van der Waals surface area contributed by atoms with E-state index >= 15 is 0 Å². The number of nitrogens with two attached hydrogens (primary N) is 1. The van der Waals surface area contributed by atoms with Crippen LogP contribution >= 0.6 is 0 Å². The van der Waals surface area contributed by atoms with Crippen molar-refractivity contribution < 1.29 is 0 Å². The average molecular weight is 315 g/mol. The van der Waals surface area contributed by atoms with Crippen LogP contribution in [-0.2, 0) is 0 Å². The molecule has 3 rings (SSSR count). The number of benzene rings is 3.